The third-order valence-corrected chi connectivity index (χ3v) is 4.45. The summed E-state index contributed by atoms with van der Waals surface area (Å²) in [5.74, 6) is 0.353. The van der Waals surface area contributed by atoms with Gasteiger partial charge in [-0.15, -0.1) is 12.4 Å². The quantitative estimate of drug-likeness (QED) is 0.645. The first kappa shape index (κ1) is 21.9. The van der Waals surface area contributed by atoms with Crippen LogP contribution < -0.4 is 11.1 Å². The van der Waals surface area contributed by atoms with Crippen LogP contribution in [0.5, 0.6) is 0 Å². The van der Waals surface area contributed by atoms with E-state index in [0.717, 1.165) is 11.1 Å². The van der Waals surface area contributed by atoms with E-state index in [1.165, 1.54) is 0 Å². The van der Waals surface area contributed by atoms with E-state index in [1.807, 2.05) is 31.2 Å². The van der Waals surface area contributed by atoms with Crippen LogP contribution in [0.2, 0.25) is 5.02 Å². The molecule has 0 aliphatic heterocycles. The second-order valence-electron chi connectivity index (χ2n) is 6.93. The molecule has 3 aromatic rings. The van der Waals surface area contributed by atoms with Gasteiger partial charge in [0, 0.05) is 10.6 Å². The van der Waals surface area contributed by atoms with Gasteiger partial charge in [-0.05, 0) is 44.5 Å². The number of hydrogen-bond acceptors (Lipinski definition) is 5. The number of nitrogens with two attached hydrogens (primary N) is 1. The van der Waals surface area contributed by atoms with Crippen LogP contribution in [0.1, 0.15) is 53.1 Å². The number of carbonyl (C=O) groups excluding carboxylic acids is 1. The molecule has 0 fully saturated rings. The SMILES string of the molecule is Cc1ccc(C(N)c2nc(C(C)(C)NC(=O)c3cccc(Cl)c3)no2)cc1.Cl. The summed E-state index contributed by atoms with van der Waals surface area (Å²) in [5.41, 5.74) is 7.85. The fourth-order valence-corrected chi connectivity index (χ4v) is 2.76. The van der Waals surface area contributed by atoms with E-state index in [2.05, 4.69) is 15.5 Å². The molecule has 3 N–H and O–H groups in total. The number of amides is 1. The highest BCUT2D eigenvalue weighted by molar-refractivity contribution is 6.30. The minimum atomic E-state index is -0.853. The largest absolute Gasteiger partial charge is 0.340 e. The van der Waals surface area contributed by atoms with Gasteiger partial charge in [0.2, 0.25) is 5.89 Å². The molecule has 1 atom stereocenters. The zero-order chi connectivity index (χ0) is 19.6. The molecule has 0 aliphatic rings. The van der Waals surface area contributed by atoms with Crippen LogP contribution in [0.4, 0.5) is 0 Å². The molecule has 0 saturated heterocycles. The zero-order valence-corrected chi connectivity index (χ0v) is 17.3. The lowest BCUT2D eigenvalue weighted by Gasteiger charge is -2.22. The molecule has 0 spiro atoms. The molecule has 1 aromatic heterocycles. The summed E-state index contributed by atoms with van der Waals surface area (Å²) in [5, 5.41) is 7.39. The van der Waals surface area contributed by atoms with E-state index in [0.29, 0.717) is 22.3 Å². The number of halogens is 2. The van der Waals surface area contributed by atoms with Gasteiger partial charge in [0.1, 0.15) is 6.04 Å². The Hall–Kier alpha value is -2.41. The van der Waals surface area contributed by atoms with Gasteiger partial charge in [-0.2, -0.15) is 4.98 Å². The molecule has 0 aliphatic carbocycles. The number of rotatable bonds is 5. The Bertz CT molecular complexity index is 955. The summed E-state index contributed by atoms with van der Waals surface area (Å²) in [6, 6.07) is 14.0. The molecule has 1 heterocycles. The van der Waals surface area contributed by atoms with Crippen molar-refractivity contribution < 1.29 is 9.32 Å². The number of benzene rings is 2. The third-order valence-electron chi connectivity index (χ3n) is 4.22. The van der Waals surface area contributed by atoms with E-state index in [1.54, 1.807) is 38.1 Å². The van der Waals surface area contributed by atoms with Gasteiger partial charge in [0.05, 0.1) is 5.54 Å². The Morgan fingerprint density at radius 3 is 2.54 bits per heavy atom. The van der Waals surface area contributed by atoms with Crippen molar-refractivity contribution in [3.63, 3.8) is 0 Å². The maximum atomic E-state index is 12.5. The number of hydrogen-bond donors (Lipinski definition) is 2. The number of aryl methyl sites for hydroxylation is 1. The number of nitrogens with zero attached hydrogens (tertiary/aromatic N) is 2. The maximum Gasteiger partial charge on any atom is 0.252 e. The van der Waals surface area contributed by atoms with Crippen molar-refractivity contribution in [2.45, 2.75) is 32.4 Å². The van der Waals surface area contributed by atoms with Crippen molar-refractivity contribution in [3.8, 4) is 0 Å². The Morgan fingerprint density at radius 1 is 1.21 bits per heavy atom. The average Bonchev–Trinajstić information content (AvgIpc) is 3.12. The van der Waals surface area contributed by atoms with Gasteiger partial charge in [-0.3, -0.25) is 4.79 Å². The topological polar surface area (TPSA) is 94.0 Å². The molecule has 2 aromatic carbocycles. The lowest BCUT2D eigenvalue weighted by molar-refractivity contribution is 0.0907. The van der Waals surface area contributed by atoms with E-state index in [-0.39, 0.29) is 18.3 Å². The summed E-state index contributed by atoms with van der Waals surface area (Å²) in [7, 11) is 0. The summed E-state index contributed by atoms with van der Waals surface area (Å²) < 4.78 is 5.35. The monoisotopic (exact) mass is 420 g/mol. The molecule has 0 saturated carbocycles. The molecule has 8 heteroatoms. The van der Waals surface area contributed by atoms with Crippen LogP contribution in [-0.2, 0) is 5.54 Å². The number of carbonyl (C=O) groups is 1. The predicted octanol–water partition coefficient (Wildman–Crippen LogP) is 4.17. The summed E-state index contributed by atoms with van der Waals surface area (Å²) in [4.78, 5) is 16.9. The molecule has 148 valence electrons. The normalized spacial score (nSPS) is 12.2. The van der Waals surface area contributed by atoms with Gasteiger partial charge >= 0.3 is 0 Å². The van der Waals surface area contributed by atoms with Crippen LogP contribution in [-0.4, -0.2) is 16.0 Å². The van der Waals surface area contributed by atoms with Crippen LogP contribution in [0.3, 0.4) is 0 Å². The number of nitrogens with one attached hydrogen (secondary N) is 1. The van der Waals surface area contributed by atoms with E-state index in [4.69, 9.17) is 21.9 Å². The first-order valence-corrected chi connectivity index (χ1v) is 8.88. The zero-order valence-electron chi connectivity index (χ0n) is 15.8. The molecule has 6 nitrogen and oxygen atoms in total. The van der Waals surface area contributed by atoms with Crippen molar-refractivity contribution in [2.75, 3.05) is 0 Å². The standard InChI is InChI=1S/C20H21ClN4O2.ClH/c1-12-7-9-13(10-8-12)16(22)18-23-19(25-27-18)20(2,3)24-17(26)14-5-4-6-15(21)11-14;/h4-11,16H,22H2,1-3H3,(H,24,26);1H. The van der Waals surface area contributed by atoms with Crippen molar-refractivity contribution in [1.29, 1.82) is 0 Å². The van der Waals surface area contributed by atoms with Gasteiger partial charge in [-0.1, -0.05) is 52.7 Å². The van der Waals surface area contributed by atoms with Crippen molar-refractivity contribution in [1.82, 2.24) is 15.5 Å². The molecule has 0 radical (unpaired) electrons. The smallest absolute Gasteiger partial charge is 0.252 e. The van der Waals surface area contributed by atoms with Crippen LogP contribution in [0.15, 0.2) is 53.1 Å². The predicted molar refractivity (Wildman–Crippen MR) is 111 cm³/mol. The lowest BCUT2D eigenvalue weighted by Crippen LogP contribution is -2.41. The highest BCUT2D eigenvalue weighted by atomic mass is 35.5. The summed E-state index contributed by atoms with van der Waals surface area (Å²) >= 11 is 5.95. The highest BCUT2D eigenvalue weighted by Crippen LogP contribution is 2.23. The average molecular weight is 421 g/mol. The van der Waals surface area contributed by atoms with Crippen molar-refractivity contribution >= 4 is 29.9 Å². The minimum absolute atomic E-state index is 0. The minimum Gasteiger partial charge on any atom is -0.340 e. The Labute approximate surface area is 174 Å². The highest BCUT2D eigenvalue weighted by Gasteiger charge is 2.30. The van der Waals surface area contributed by atoms with E-state index in [9.17, 15) is 4.79 Å². The van der Waals surface area contributed by atoms with Crippen molar-refractivity contribution in [3.05, 3.63) is 82.0 Å². The second kappa shape index (κ2) is 8.73. The molecule has 0 bridgehead atoms. The fraction of sp³-hybridized carbons (Fsp3) is 0.250. The first-order valence-electron chi connectivity index (χ1n) is 8.50. The first-order chi connectivity index (χ1) is 12.8. The second-order valence-corrected chi connectivity index (χ2v) is 7.37. The molecular weight excluding hydrogens is 399 g/mol. The van der Waals surface area contributed by atoms with Crippen LogP contribution >= 0.6 is 24.0 Å². The molecule has 1 amide bonds. The van der Waals surface area contributed by atoms with Crippen LogP contribution in [0, 0.1) is 6.92 Å². The van der Waals surface area contributed by atoms with Gasteiger partial charge in [-0.25, -0.2) is 0 Å². The molecule has 28 heavy (non-hydrogen) atoms. The Balaban J connectivity index is 0.00000280. The molecular formula is C20H22Cl2N4O2. The Kier molecular flexibility index (Phi) is 6.82. The van der Waals surface area contributed by atoms with E-state index < -0.39 is 11.6 Å². The molecule has 3 rings (SSSR count). The van der Waals surface area contributed by atoms with E-state index >= 15 is 0 Å². The van der Waals surface area contributed by atoms with Gasteiger partial charge in [0.15, 0.2) is 5.82 Å². The third kappa shape index (κ3) is 4.90. The van der Waals surface area contributed by atoms with Crippen LogP contribution in [0.25, 0.3) is 0 Å². The summed E-state index contributed by atoms with van der Waals surface area (Å²) in [6.07, 6.45) is 0. The maximum absolute atomic E-state index is 12.5. The van der Waals surface area contributed by atoms with Gasteiger partial charge in [0.25, 0.3) is 5.91 Å². The molecule has 1 unspecified atom stereocenters. The Morgan fingerprint density at radius 2 is 1.89 bits per heavy atom. The lowest BCUT2D eigenvalue weighted by atomic mass is 10.0. The van der Waals surface area contributed by atoms with Gasteiger partial charge < -0.3 is 15.6 Å². The fourth-order valence-electron chi connectivity index (χ4n) is 2.57. The summed E-state index contributed by atoms with van der Waals surface area (Å²) in [6.45, 7) is 5.59. The number of aromatic nitrogens is 2. The van der Waals surface area contributed by atoms with Crippen molar-refractivity contribution in [2.24, 2.45) is 5.73 Å².